The van der Waals surface area contributed by atoms with Gasteiger partial charge in [-0.05, 0) is 19.9 Å². The van der Waals surface area contributed by atoms with Gasteiger partial charge in [0, 0.05) is 57.2 Å². The Hall–Kier alpha value is -1.10. The zero-order chi connectivity index (χ0) is 14.2. The number of hydrogen-bond acceptors (Lipinski definition) is 3. The second-order valence-corrected chi connectivity index (χ2v) is 7.58. The van der Waals surface area contributed by atoms with Crippen molar-refractivity contribution in [1.29, 1.82) is 0 Å². The first-order valence-corrected chi connectivity index (χ1v) is 8.88. The van der Waals surface area contributed by atoms with E-state index in [0.29, 0.717) is 0 Å². The molecule has 0 spiro atoms. The number of nitrogens with zero attached hydrogens (tertiary/aromatic N) is 4. The van der Waals surface area contributed by atoms with Crippen molar-refractivity contribution >= 4 is 19.1 Å². The summed E-state index contributed by atoms with van der Waals surface area (Å²) in [6.45, 7) is 9.77. The van der Waals surface area contributed by atoms with Crippen molar-refractivity contribution in [2.75, 3.05) is 49.3 Å². The third-order valence-electron chi connectivity index (χ3n) is 3.72. The molecule has 0 amide bonds. The molecular weight excluding hydrogens is 273 g/mol. The molecule has 110 valence electrons. The minimum absolute atomic E-state index is 0.893. The molecule has 0 saturated carbocycles. The predicted molar refractivity (Wildman–Crippen MR) is 82.2 cm³/mol. The standard InChI is InChI=1S/C13H22N5OP/c1-3-16(4-2)13-11-12(5-6-14-13)15-20(19,17-7-8-17)18-9-10-18/h5-6,11H,3-4,7-10H2,1-2H3,(H,14,15,19). The van der Waals surface area contributed by atoms with Crippen LogP contribution in [0.4, 0.5) is 11.5 Å². The third kappa shape index (κ3) is 2.68. The summed E-state index contributed by atoms with van der Waals surface area (Å²) in [6, 6.07) is 3.89. The fraction of sp³-hybridized carbons (Fsp3) is 0.615. The fourth-order valence-corrected chi connectivity index (χ4v) is 4.71. The van der Waals surface area contributed by atoms with Crippen molar-refractivity contribution < 1.29 is 4.57 Å². The lowest BCUT2D eigenvalue weighted by Crippen LogP contribution is -2.23. The smallest absolute Gasteiger partial charge is 0.308 e. The lowest BCUT2D eigenvalue weighted by molar-refractivity contribution is 0.524. The Bertz CT molecular complexity index is 509. The van der Waals surface area contributed by atoms with Crippen LogP contribution in [0.15, 0.2) is 18.3 Å². The second kappa shape index (κ2) is 5.35. The number of anilines is 2. The molecular formula is C13H22N5OP. The maximum atomic E-state index is 13.0. The van der Waals surface area contributed by atoms with E-state index in [1.807, 2.05) is 21.5 Å². The Morgan fingerprint density at radius 1 is 1.25 bits per heavy atom. The van der Waals surface area contributed by atoms with Crippen molar-refractivity contribution in [3.05, 3.63) is 18.3 Å². The Labute approximate surface area is 120 Å². The molecule has 0 aromatic carbocycles. The van der Waals surface area contributed by atoms with E-state index < -0.39 is 7.59 Å². The minimum atomic E-state index is -2.56. The van der Waals surface area contributed by atoms with E-state index >= 15 is 0 Å². The molecule has 2 aliphatic rings. The number of aromatic nitrogens is 1. The van der Waals surface area contributed by atoms with Gasteiger partial charge in [-0.15, -0.1) is 0 Å². The van der Waals surface area contributed by atoms with Gasteiger partial charge in [0.2, 0.25) is 0 Å². The van der Waals surface area contributed by atoms with E-state index in [1.165, 1.54) is 0 Å². The van der Waals surface area contributed by atoms with Crippen LogP contribution in [0.5, 0.6) is 0 Å². The van der Waals surface area contributed by atoms with E-state index in [1.54, 1.807) is 6.20 Å². The highest BCUT2D eigenvalue weighted by atomic mass is 31.2. The van der Waals surface area contributed by atoms with E-state index in [9.17, 15) is 4.57 Å². The van der Waals surface area contributed by atoms with Crippen LogP contribution in [-0.4, -0.2) is 53.6 Å². The molecule has 0 atom stereocenters. The summed E-state index contributed by atoms with van der Waals surface area (Å²) in [5.41, 5.74) is 0.893. The fourth-order valence-electron chi connectivity index (χ4n) is 2.33. The first-order chi connectivity index (χ1) is 9.67. The van der Waals surface area contributed by atoms with Crippen molar-refractivity contribution in [2.24, 2.45) is 0 Å². The van der Waals surface area contributed by atoms with Crippen molar-refractivity contribution in [3.8, 4) is 0 Å². The highest BCUT2D eigenvalue weighted by molar-refractivity contribution is 7.61. The Morgan fingerprint density at radius 2 is 1.85 bits per heavy atom. The van der Waals surface area contributed by atoms with Crippen molar-refractivity contribution in [2.45, 2.75) is 13.8 Å². The molecule has 2 aliphatic heterocycles. The molecule has 1 N–H and O–H groups in total. The molecule has 1 aromatic rings. The molecule has 1 aromatic heterocycles. The first kappa shape index (κ1) is 13.9. The van der Waals surface area contributed by atoms with Gasteiger partial charge in [0.1, 0.15) is 5.82 Å². The summed E-state index contributed by atoms with van der Waals surface area (Å²) in [5, 5.41) is 3.26. The van der Waals surface area contributed by atoms with Crippen LogP contribution in [0.1, 0.15) is 13.8 Å². The SMILES string of the molecule is CCN(CC)c1cc(NP(=O)(N2CC2)N2CC2)ccn1. The molecule has 0 aliphatic carbocycles. The van der Waals surface area contributed by atoms with Gasteiger partial charge < -0.3 is 9.99 Å². The van der Waals surface area contributed by atoms with Gasteiger partial charge in [-0.2, -0.15) is 0 Å². The number of rotatable bonds is 7. The van der Waals surface area contributed by atoms with Gasteiger partial charge in [-0.3, -0.25) is 4.57 Å². The lowest BCUT2D eigenvalue weighted by Gasteiger charge is -2.24. The topological polar surface area (TPSA) is 51.2 Å². The van der Waals surface area contributed by atoms with Gasteiger partial charge in [-0.1, -0.05) is 0 Å². The summed E-state index contributed by atoms with van der Waals surface area (Å²) >= 11 is 0. The summed E-state index contributed by atoms with van der Waals surface area (Å²) in [5.74, 6) is 0.933. The zero-order valence-corrected chi connectivity index (χ0v) is 13.0. The van der Waals surface area contributed by atoms with Gasteiger partial charge in [0.25, 0.3) is 0 Å². The number of hydrogen-bond donors (Lipinski definition) is 1. The predicted octanol–water partition coefficient (Wildman–Crippen LogP) is 2.08. The third-order valence-corrected chi connectivity index (χ3v) is 6.60. The van der Waals surface area contributed by atoms with Crippen LogP contribution in [0.3, 0.4) is 0 Å². The highest BCUT2D eigenvalue weighted by Gasteiger charge is 2.48. The molecule has 7 heteroatoms. The molecule has 0 unspecified atom stereocenters. The summed E-state index contributed by atoms with van der Waals surface area (Å²) in [7, 11) is -2.56. The average molecular weight is 295 g/mol. The number of nitrogens with one attached hydrogen (secondary N) is 1. The van der Waals surface area contributed by atoms with Crippen molar-refractivity contribution in [1.82, 2.24) is 14.3 Å². The normalized spacial score (nSPS) is 18.9. The van der Waals surface area contributed by atoms with Gasteiger partial charge in [-0.25, -0.2) is 14.3 Å². The van der Waals surface area contributed by atoms with Crippen molar-refractivity contribution in [3.63, 3.8) is 0 Å². The van der Waals surface area contributed by atoms with E-state index in [0.717, 1.165) is 50.8 Å². The molecule has 3 rings (SSSR count). The van der Waals surface area contributed by atoms with E-state index in [-0.39, 0.29) is 0 Å². The maximum absolute atomic E-state index is 13.0. The Kier molecular flexibility index (Phi) is 3.71. The van der Waals surface area contributed by atoms with Gasteiger partial charge in [0.15, 0.2) is 0 Å². The maximum Gasteiger partial charge on any atom is 0.308 e. The lowest BCUT2D eigenvalue weighted by atomic mass is 10.3. The van der Waals surface area contributed by atoms with Crippen LogP contribution in [-0.2, 0) is 4.57 Å². The van der Waals surface area contributed by atoms with Crippen LogP contribution in [0.2, 0.25) is 0 Å². The largest absolute Gasteiger partial charge is 0.357 e. The van der Waals surface area contributed by atoms with Crippen LogP contribution in [0.25, 0.3) is 0 Å². The average Bonchev–Trinajstić information content (AvgIpc) is 3.32. The molecule has 2 saturated heterocycles. The molecule has 20 heavy (non-hydrogen) atoms. The molecule has 0 bridgehead atoms. The van der Waals surface area contributed by atoms with Crippen LogP contribution < -0.4 is 9.99 Å². The van der Waals surface area contributed by atoms with Gasteiger partial charge in [0.05, 0.1) is 0 Å². The summed E-state index contributed by atoms with van der Waals surface area (Å²) in [4.78, 5) is 6.59. The zero-order valence-electron chi connectivity index (χ0n) is 12.1. The molecule has 2 fully saturated rings. The van der Waals surface area contributed by atoms with Gasteiger partial charge >= 0.3 is 7.59 Å². The summed E-state index contributed by atoms with van der Waals surface area (Å²) in [6.07, 6.45) is 1.78. The van der Waals surface area contributed by atoms with Crippen LogP contribution >= 0.6 is 7.59 Å². The van der Waals surface area contributed by atoms with Crippen LogP contribution in [0, 0.1) is 0 Å². The van der Waals surface area contributed by atoms with E-state index in [4.69, 9.17) is 0 Å². The molecule has 3 heterocycles. The molecule has 0 radical (unpaired) electrons. The highest BCUT2D eigenvalue weighted by Crippen LogP contribution is 2.59. The number of pyridine rings is 1. The monoisotopic (exact) mass is 295 g/mol. The quantitative estimate of drug-likeness (QED) is 0.614. The first-order valence-electron chi connectivity index (χ1n) is 7.27. The Balaban J connectivity index is 1.80. The Morgan fingerprint density at radius 3 is 2.35 bits per heavy atom. The summed E-state index contributed by atoms with van der Waals surface area (Å²) < 4.78 is 17.1. The van der Waals surface area contributed by atoms with E-state index in [2.05, 4.69) is 28.8 Å². The molecule has 6 nitrogen and oxygen atoms in total. The minimum Gasteiger partial charge on any atom is -0.357 e. The second-order valence-electron chi connectivity index (χ2n) is 5.14.